The Morgan fingerprint density at radius 2 is 2.00 bits per heavy atom. The first-order chi connectivity index (χ1) is 10.4. The Balaban J connectivity index is 1.66. The Bertz CT molecular complexity index is 603. The van der Waals surface area contributed by atoms with Gasteiger partial charge in [0.1, 0.15) is 17.2 Å². The third kappa shape index (κ3) is 2.77. The molecule has 1 spiro atoms. The number of carbonyl (C=O) groups is 1. The smallest absolute Gasteiger partial charge is 0.410 e. The van der Waals surface area contributed by atoms with Crippen LogP contribution in [0, 0.1) is 11.6 Å². The van der Waals surface area contributed by atoms with Crippen molar-refractivity contribution >= 4 is 17.7 Å². The summed E-state index contributed by atoms with van der Waals surface area (Å²) in [5, 5.41) is -0.0729. The monoisotopic (exact) mass is 330 g/mol. The minimum atomic E-state index is -0.700. The number of halogens is 3. The van der Waals surface area contributed by atoms with Crippen LogP contribution in [-0.4, -0.2) is 48.2 Å². The van der Waals surface area contributed by atoms with Gasteiger partial charge in [0.25, 0.3) is 0 Å². The fourth-order valence-electron chi connectivity index (χ4n) is 3.11. The van der Waals surface area contributed by atoms with Crippen molar-refractivity contribution in [2.75, 3.05) is 26.7 Å². The third-order valence-corrected chi connectivity index (χ3v) is 4.72. The quantitative estimate of drug-likeness (QED) is 0.781. The first kappa shape index (κ1) is 15.5. The third-order valence-electron chi connectivity index (χ3n) is 4.43. The van der Waals surface area contributed by atoms with Gasteiger partial charge in [-0.1, -0.05) is 11.6 Å². The van der Waals surface area contributed by atoms with Gasteiger partial charge in [0.15, 0.2) is 0 Å². The van der Waals surface area contributed by atoms with Crippen LogP contribution in [0.25, 0.3) is 0 Å². The number of likely N-dealkylation sites (tertiary alicyclic amines) is 1. The Kier molecular flexibility index (Phi) is 3.99. The molecule has 1 amide bonds. The number of benzene rings is 1. The normalized spacial score (nSPS) is 21.5. The summed E-state index contributed by atoms with van der Waals surface area (Å²) < 4.78 is 33.2. The number of carbonyl (C=O) groups excluding carboxylic acids is 1. The summed E-state index contributed by atoms with van der Waals surface area (Å²) in [7, 11) is 1.71. The van der Waals surface area contributed by atoms with Crippen LogP contribution in [0.2, 0.25) is 5.02 Å². The predicted octanol–water partition coefficient (Wildman–Crippen LogP) is 3.03. The summed E-state index contributed by atoms with van der Waals surface area (Å²) in [6.07, 6.45) is 1.01. The van der Waals surface area contributed by atoms with Gasteiger partial charge >= 0.3 is 6.09 Å². The molecule has 2 fully saturated rings. The lowest BCUT2D eigenvalue weighted by Gasteiger charge is -2.37. The van der Waals surface area contributed by atoms with Crippen LogP contribution in [0.15, 0.2) is 12.1 Å². The van der Waals surface area contributed by atoms with Crippen LogP contribution in [0.4, 0.5) is 13.6 Å². The maximum absolute atomic E-state index is 13.9. The van der Waals surface area contributed by atoms with E-state index in [4.69, 9.17) is 16.3 Å². The lowest BCUT2D eigenvalue weighted by molar-refractivity contribution is -0.00159. The van der Waals surface area contributed by atoms with Crippen LogP contribution in [0.5, 0.6) is 0 Å². The number of hydrogen-bond donors (Lipinski definition) is 0. The summed E-state index contributed by atoms with van der Waals surface area (Å²) in [5.74, 6) is -1.29. The molecule has 2 aliphatic rings. The largest absolute Gasteiger partial charge is 0.441 e. The van der Waals surface area contributed by atoms with Crippen molar-refractivity contribution in [2.45, 2.75) is 25.0 Å². The zero-order valence-electron chi connectivity index (χ0n) is 12.2. The van der Waals surface area contributed by atoms with Gasteiger partial charge in [0, 0.05) is 45.1 Å². The maximum Gasteiger partial charge on any atom is 0.410 e. The SMILES string of the molecule is CN1CC2(CCN(Cc3c(F)ccc(Cl)c3F)CC2)OC1=O. The average molecular weight is 331 g/mol. The van der Waals surface area contributed by atoms with Crippen molar-refractivity contribution in [3.05, 3.63) is 34.4 Å². The molecule has 0 bridgehead atoms. The highest BCUT2D eigenvalue weighted by Gasteiger charge is 2.45. The van der Waals surface area contributed by atoms with Crippen molar-refractivity contribution in [2.24, 2.45) is 0 Å². The zero-order valence-corrected chi connectivity index (χ0v) is 13.0. The molecule has 0 aliphatic carbocycles. The second-order valence-electron chi connectivity index (χ2n) is 6.00. The number of piperidine rings is 1. The average Bonchev–Trinajstić information content (AvgIpc) is 2.76. The number of rotatable bonds is 2. The van der Waals surface area contributed by atoms with E-state index in [2.05, 4.69) is 0 Å². The van der Waals surface area contributed by atoms with E-state index < -0.39 is 17.2 Å². The number of nitrogens with zero attached hydrogens (tertiary/aromatic N) is 2. The van der Waals surface area contributed by atoms with E-state index in [1.807, 2.05) is 4.90 Å². The molecule has 7 heteroatoms. The fraction of sp³-hybridized carbons (Fsp3) is 0.533. The molecule has 2 aliphatic heterocycles. The van der Waals surface area contributed by atoms with E-state index in [1.54, 1.807) is 11.9 Å². The van der Waals surface area contributed by atoms with E-state index in [0.29, 0.717) is 32.5 Å². The molecular formula is C15H17ClF2N2O2. The summed E-state index contributed by atoms with van der Waals surface area (Å²) in [6.45, 7) is 1.97. The van der Waals surface area contributed by atoms with Gasteiger partial charge < -0.3 is 9.64 Å². The van der Waals surface area contributed by atoms with Crippen LogP contribution in [0.1, 0.15) is 18.4 Å². The Morgan fingerprint density at radius 3 is 2.59 bits per heavy atom. The topological polar surface area (TPSA) is 32.8 Å². The molecule has 1 aromatic carbocycles. The Labute approximate surface area is 132 Å². The van der Waals surface area contributed by atoms with Crippen molar-refractivity contribution in [1.82, 2.24) is 9.80 Å². The first-order valence-electron chi connectivity index (χ1n) is 7.19. The minimum absolute atomic E-state index is 0.0102. The van der Waals surface area contributed by atoms with Crippen molar-refractivity contribution < 1.29 is 18.3 Å². The van der Waals surface area contributed by atoms with Crippen molar-refractivity contribution in [3.8, 4) is 0 Å². The van der Waals surface area contributed by atoms with E-state index in [0.717, 1.165) is 0 Å². The first-order valence-corrected chi connectivity index (χ1v) is 7.57. The molecule has 120 valence electrons. The number of ether oxygens (including phenoxy) is 1. The highest BCUT2D eigenvalue weighted by atomic mass is 35.5. The molecule has 2 saturated heterocycles. The maximum atomic E-state index is 13.9. The highest BCUT2D eigenvalue weighted by molar-refractivity contribution is 6.30. The second kappa shape index (κ2) is 5.66. The molecule has 2 heterocycles. The second-order valence-corrected chi connectivity index (χ2v) is 6.41. The zero-order chi connectivity index (χ0) is 15.9. The van der Waals surface area contributed by atoms with E-state index >= 15 is 0 Å². The highest BCUT2D eigenvalue weighted by Crippen LogP contribution is 2.33. The summed E-state index contributed by atoms with van der Waals surface area (Å²) in [5.41, 5.74) is -0.461. The van der Waals surface area contributed by atoms with Gasteiger partial charge in [0.2, 0.25) is 0 Å². The van der Waals surface area contributed by atoms with Gasteiger partial charge in [-0.15, -0.1) is 0 Å². The van der Waals surface area contributed by atoms with E-state index in [9.17, 15) is 13.6 Å². The minimum Gasteiger partial charge on any atom is -0.441 e. The summed E-state index contributed by atoms with van der Waals surface area (Å²) >= 11 is 5.71. The lowest BCUT2D eigenvalue weighted by atomic mass is 9.91. The molecule has 0 radical (unpaired) electrons. The molecule has 3 rings (SSSR count). The molecule has 0 atom stereocenters. The number of likely N-dealkylation sites (N-methyl/N-ethyl adjacent to an activating group) is 1. The molecule has 0 aromatic heterocycles. The van der Waals surface area contributed by atoms with Gasteiger partial charge in [-0.2, -0.15) is 0 Å². The van der Waals surface area contributed by atoms with Gasteiger partial charge in [-0.25, -0.2) is 13.6 Å². The van der Waals surface area contributed by atoms with Crippen LogP contribution < -0.4 is 0 Å². The molecule has 0 N–H and O–H groups in total. The molecule has 1 aromatic rings. The number of hydrogen-bond acceptors (Lipinski definition) is 3. The molecule has 4 nitrogen and oxygen atoms in total. The van der Waals surface area contributed by atoms with Gasteiger partial charge in [0.05, 0.1) is 11.6 Å². The van der Waals surface area contributed by atoms with E-state index in [-0.39, 0.29) is 23.2 Å². The summed E-state index contributed by atoms with van der Waals surface area (Å²) in [6, 6.07) is 2.40. The number of amides is 1. The Morgan fingerprint density at radius 1 is 1.32 bits per heavy atom. The van der Waals surface area contributed by atoms with Gasteiger partial charge in [-0.05, 0) is 12.1 Å². The Hall–Kier alpha value is -1.40. The van der Waals surface area contributed by atoms with Crippen LogP contribution in [0.3, 0.4) is 0 Å². The van der Waals surface area contributed by atoms with Crippen LogP contribution in [-0.2, 0) is 11.3 Å². The van der Waals surface area contributed by atoms with Gasteiger partial charge in [-0.3, -0.25) is 4.90 Å². The molecule has 0 saturated carbocycles. The molecular weight excluding hydrogens is 314 g/mol. The lowest BCUT2D eigenvalue weighted by Crippen LogP contribution is -2.46. The van der Waals surface area contributed by atoms with E-state index in [1.165, 1.54) is 12.1 Å². The van der Waals surface area contributed by atoms with Crippen LogP contribution >= 0.6 is 11.6 Å². The molecule has 22 heavy (non-hydrogen) atoms. The predicted molar refractivity (Wildman–Crippen MR) is 77.7 cm³/mol. The fourth-order valence-corrected chi connectivity index (χ4v) is 3.29. The summed E-state index contributed by atoms with van der Waals surface area (Å²) in [4.78, 5) is 15.0. The molecule has 0 unspecified atom stereocenters. The van der Waals surface area contributed by atoms with Crippen molar-refractivity contribution in [1.29, 1.82) is 0 Å². The van der Waals surface area contributed by atoms with Crippen molar-refractivity contribution in [3.63, 3.8) is 0 Å². The standard InChI is InChI=1S/C15H17ClF2N2O2/c1-19-9-15(22-14(19)21)4-6-20(7-5-15)8-10-12(17)3-2-11(16)13(10)18/h2-3H,4-9H2,1H3.